The molecule has 2 aromatic rings. The molecule has 3 nitrogen and oxygen atoms in total. The number of nitrogens with two attached hydrogens (primary N) is 1. The van der Waals surface area contributed by atoms with Crippen LogP contribution in [0.1, 0.15) is 11.1 Å². The zero-order chi connectivity index (χ0) is 14.5. The molecule has 0 unspecified atom stereocenters. The lowest BCUT2D eigenvalue weighted by atomic mass is 10.1. The van der Waals surface area contributed by atoms with Crippen LogP contribution in [-0.4, -0.2) is 5.91 Å². The molecule has 0 aliphatic heterocycles. The summed E-state index contributed by atoms with van der Waals surface area (Å²) in [4.78, 5) is 11.0. The molecule has 20 heavy (non-hydrogen) atoms. The predicted octanol–water partition coefficient (Wildman–Crippen LogP) is 2.60. The molecule has 3 N–H and O–H groups in total. The third-order valence-electron chi connectivity index (χ3n) is 2.79. The van der Waals surface area contributed by atoms with E-state index in [1.54, 1.807) is 24.3 Å². The summed E-state index contributed by atoms with van der Waals surface area (Å²) in [5.41, 5.74) is 7.12. The number of halogens is 2. The fourth-order valence-electron chi connectivity index (χ4n) is 1.94. The molecule has 0 spiro atoms. The summed E-state index contributed by atoms with van der Waals surface area (Å²) in [6.45, 7) is 0.254. The molecular formula is C15H14F2N2O. The lowest BCUT2D eigenvalue weighted by molar-refractivity contribution is -0.117. The average Bonchev–Trinajstić information content (AvgIpc) is 2.36. The molecule has 5 heteroatoms. The first-order valence-corrected chi connectivity index (χ1v) is 6.09. The molecular weight excluding hydrogens is 262 g/mol. The molecule has 0 saturated heterocycles. The molecule has 0 heterocycles. The maximum atomic E-state index is 13.1. The summed E-state index contributed by atoms with van der Waals surface area (Å²) in [6, 6.07) is 10.5. The number of primary amides is 1. The summed E-state index contributed by atoms with van der Waals surface area (Å²) in [7, 11) is 0. The summed E-state index contributed by atoms with van der Waals surface area (Å²) in [5.74, 6) is -1.67. The highest BCUT2D eigenvalue weighted by Gasteiger charge is 2.06. The van der Waals surface area contributed by atoms with Gasteiger partial charge in [0.25, 0.3) is 0 Å². The van der Waals surface area contributed by atoms with Crippen molar-refractivity contribution < 1.29 is 13.6 Å². The van der Waals surface area contributed by atoms with Gasteiger partial charge in [-0.1, -0.05) is 18.2 Å². The van der Waals surface area contributed by atoms with Crippen LogP contribution >= 0.6 is 0 Å². The van der Waals surface area contributed by atoms with E-state index in [0.29, 0.717) is 5.56 Å². The van der Waals surface area contributed by atoms with Gasteiger partial charge < -0.3 is 11.1 Å². The fourth-order valence-corrected chi connectivity index (χ4v) is 1.94. The Morgan fingerprint density at radius 3 is 2.40 bits per heavy atom. The van der Waals surface area contributed by atoms with Gasteiger partial charge in [-0.05, 0) is 29.3 Å². The third kappa shape index (κ3) is 3.78. The van der Waals surface area contributed by atoms with E-state index < -0.39 is 17.5 Å². The van der Waals surface area contributed by atoms with Crippen molar-refractivity contribution >= 4 is 11.6 Å². The first-order chi connectivity index (χ1) is 9.54. The van der Waals surface area contributed by atoms with Crippen molar-refractivity contribution in [3.8, 4) is 0 Å². The van der Waals surface area contributed by atoms with Crippen LogP contribution in [0.5, 0.6) is 0 Å². The molecule has 0 radical (unpaired) electrons. The lowest BCUT2D eigenvalue weighted by Crippen LogP contribution is -2.15. The summed E-state index contributed by atoms with van der Waals surface area (Å²) >= 11 is 0. The number of carbonyl (C=O) groups excluding carboxylic acids is 1. The Hall–Kier alpha value is -2.43. The highest BCUT2D eigenvalue weighted by atomic mass is 19.1. The Balaban J connectivity index is 2.12. The molecule has 2 aromatic carbocycles. The van der Waals surface area contributed by atoms with Crippen LogP contribution in [0.3, 0.4) is 0 Å². The highest BCUT2D eigenvalue weighted by molar-refractivity contribution is 5.78. The lowest BCUT2D eigenvalue weighted by Gasteiger charge is -2.11. The van der Waals surface area contributed by atoms with Crippen LogP contribution in [0.4, 0.5) is 14.5 Å². The Bertz CT molecular complexity index is 609. The van der Waals surface area contributed by atoms with Crippen molar-refractivity contribution in [1.29, 1.82) is 0 Å². The second-order valence-electron chi connectivity index (χ2n) is 4.43. The van der Waals surface area contributed by atoms with Gasteiger partial charge in [-0.2, -0.15) is 0 Å². The number of para-hydroxylation sites is 1. The second kappa shape index (κ2) is 6.14. The minimum atomic E-state index is -0.618. The molecule has 104 valence electrons. The van der Waals surface area contributed by atoms with E-state index in [4.69, 9.17) is 5.73 Å². The van der Waals surface area contributed by atoms with Crippen molar-refractivity contribution in [1.82, 2.24) is 0 Å². The van der Waals surface area contributed by atoms with Gasteiger partial charge in [-0.25, -0.2) is 8.78 Å². The van der Waals surface area contributed by atoms with E-state index in [1.165, 1.54) is 12.1 Å². The Labute approximate surface area is 115 Å². The van der Waals surface area contributed by atoms with E-state index in [2.05, 4.69) is 5.32 Å². The molecule has 0 atom stereocenters. The number of carbonyl (C=O) groups is 1. The smallest absolute Gasteiger partial charge is 0.221 e. The van der Waals surface area contributed by atoms with Crippen molar-refractivity contribution in [2.24, 2.45) is 5.73 Å². The van der Waals surface area contributed by atoms with E-state index in [0.717, 1.165) is 17.3 Å². The number of benzene rings is 2. The van der Waals surface area contributed by atoms with Crippen LogP contribution in [-0.2, 0) is 17.8 Å². The van der Waals surface area contributed by atoms with E-state index >= 15 is 0 Å². The minimum Gasteiger partial charge on any atom is -0.381 e. The van der Waals surface area contributed by atoms with Crippen LogP contribution in [0.15, 0.2) is 42.5 Å². The molecule has 2 rings (SSSR count). The first-order valence-electron chi connectivity index (χ1n) is 6.09. The number of anilines is 1. The van der Waals surface area contributed by atoms with Crippen molar-refractivity contribution in [2.45, 2.75) is 13.0 Å². The Morgan fingerprint density at radius 1 is 1.10 bits per heavy atom. The van der Waals surface area contributed by atoms with Gasteiger partial charge in [-0.15, -0.1) is 0 Å². The largest absolute Gasteiger partial charge is 0.381 e. The average molecular weight is 276 g/mol. The van der Waals surface area contributed by atoms with E-state index in [1.807, 2.05) is 0 Å². The summed E-state index contributed by atoms with van der Waals surface area (Å²) < 4.78 is 26.2. The standard InChI is InChI=1S/C15H14F2N2O/c16-12-5-10(6-13(17)8-12)9-19-14-4-2-1-3-11(14)7-15(18)20/h1-6,8,19H,7,9H2,(H2,18,20). The minimum absolute atomic E-state index is 0.112. The van der Waals surface area contributed by atoms with Crippen molar-refractivity contribution in [3.05, 3.63) is 65.2 Å². The number of rotatable bonds is 5. The van der Waals surface area contributed by atoms with Crippen LogP contribution in [0, 0.1) is 11.6 Å². The zero-order valence-corrected chi connectivity index (χ0v) is 10.7. The highest BCUT2D eigenvalue weighted by Crippen LogP contribution is 2.17. The second-order valence-corrected chi connectivity index (χ2v) is 4.43. The quantitative estimate of drug-likeness (QED) is 0.882. The van der Waals surface area contributed by atoms with Gasteiger partial charge in [0.05, 0.1) is 6.42 Å². The van der Waals surface area contributed by atoms with Gasteiger partial charge >= 0.3 is 0 Å². The normalized spacial score (nSPS) is 10.3. The third-order valence-corrected chi connectivity index (χ3v) is 2.79. The van der Waals surface area contributed by atoms with E-state index in [9.17, 15) is 13.6 Å². The molecule has 0 aliphatic rings. The summed E-state index contributed by atoms with van der Waals surface area (Å²) in [6.07, 6.45) is 0.112. The van der Waals surface area contributed by atoms with Crippen LogP contribution < -0.4 is 11.1 Å². The van der Waals surface area contributed by atoms with Crippen molar-refractivity contribution in [2.75, 3.05) is 5.32 Å². The van der Waals surface area contributed by atoms with Crippen LogP contribution in [0.25, 0.3) is 0 Å². The number of amides is 1. The van der Waals surface area contributed by atoms with Gasteiger partial charge in [0.2, 0.25) is 5.91 Å². The summed E-state index contributed by atoms with van der Waals surface area (Å²) in [5, 5.41) is 3.05. The topological polar surface area (TPSA) is 55.1 Å². The monoisotopic (exact) mass is 276 g/mol. The molecule has 1 amide bonds. The maximum absolute atomic E-state index is 13.1. The van der Waals surface area contributed by atoms with Gasteiger partial charge in [0.1, 0.15) is 11.6 Å². The number of nitrogens with one attached hydrogen (secondary N) is 1. The maximum Gasteiger partial charge on any atom is 0.221 e. The van der Waals surface area contributed by atoms with Gasteiger partial charge in [0, 0.05) is 18.3 Å². The Morgan fingerprint density at radius 2 is 1.75 bits per heavy atom. The number of hydrogen-bond donors (Lipinski definition) is 2. The SMILES string of the molecule is NC(=O)Cc1ccccc1NCc1cc(F)cc(F)c1. The van der Waals surface area contributed by atoms with E-state index in [-0.39, 0.29) is 13.0 Å². The first kappa shape index (κ1) is 14.0. The van der Waals surface area contributed by atoms with Crippen molar-refractivity contribution in [3.63, 3.8) is 0 Å². The molecule has 0 aromatic heterocycles. The van der Waals surface area contributed by atoms with Gasteiger partial charge in [-0.3, -0.25) is 4.79 Å². The molecule has 0 aliphatic carbocycles. The van der Waals surface area contributed by atoms with Gasteiger partial charge in [0.15, 0.2) is 0 Å². The molecule has 0 saturated carbocycles. The number of hydrogen-bond acceptors (Lipinski definition) is 2. The van der Waals surface area contributed by atoms with Crippen LogP contribution in [0.2, 0.25) is 0 Å². The zero-order valence-electron chi connectivity index (χ0n) is 10.7. The predicted molar refractivity (Wildman–Crippen MR) is 73.0 cm³/mol. The molecule has 0 bridgehead atoms. The fraction of sp³-hybridized carbons (Fsp3) is 0.133. The molecule has 0 fully saturated rings. The Kier molecular flexibility index (Phi) is 4.30.